The molecule has 0 aliphatic heterocycles. The van der Waals surface area contributed by atoms with Gasteiger partial charge in [-0.2, -0.15) is 0 Å². The number of anilines is 1. The molecule has 0 amide bonds. The highest BCUT2D eigenvalue weighted by atomic mass is 16.6. The van der Waals surface area contributed by atoms with Gasteiger partial charge in [0.25, 0.3) is 5.69 Å². The number of rotatable bonds is 7. The van der Waals surface area contributed by atoms with Gasteiger partial charge >= 0.3 is 5.97 Å². The van der Waals surface area contributed by atoms with Crippen molar-refractivity contribution in [2.75, 3.05) is 11.9 Å². The van der Waals surface area contributed by atoms with Crippen molar-refractivity contribution in [3.05, 3.63) is 33.9 Å². The van der Waals surface area contributed by atoms with Gasteiger partial charge in [0.2, 0.25) is 0 Å². The fourth-order valence-electron chi connectivity index (χ4n) is 1.55. The van der Waals surface area contributed by atoms with E-state index in [2.05, 4.69) is 5.32 Å². The number of aliphatic hydroxyl groups excluding tert-OH is 1. The number of carbonyl (C=O) groups is 1. The molecule has 1 atom stereocenters. The second-order valence-electron chi connectivity index (χ2n) is 4.07. The van der Waals surface area contributed by atoms with Crippen molar-refractivity contribution >= 4 is 17.3 Å². The first kappa shape index (κ1) is 14.9. The van der Waals surface area contributed by atoms with E-state index in [4.69, 9.17) is 5.11 Å². The summed E-state index contributed by atoms with van der Waals surface area (Å²) in [6, 6.07) is 3.56. The van der Waals surface area contributed by atoms with Crippen LogP contribution in [0.1, 0.15) is 30.1 Å². The molecule has 0 aliphatic carbocycles. The smallest absolute Gasteiger partial charge is 0.335 e. The van der Waals surface area contributed by atoms with Crippen LogP contribution in [0.4, 0.5) is 11.4 Å². The first-order chi connectivity index (χ1) is 8.95. The normalized spacial score (nSPS) is 11.9. The summed E-state index contributed by atoms with van der Waals surface area (Å²) in [7, 11) is 0. The van der Waals surface area contributed by atoms with Crippen LogP contribution >= 0.6 is 0 Å². The third-order valence-corrected chi connectivity index (χ3v) is 2.70. The molecule has 0 fully saturated rings. The molecule has 104 valence electrons. The molecule has 0 aliphatic rings. The Morgan fingerprint density at radius 2 is 2.21 bits per heavy atom. The van der Waals surface area contributed by atoms with E-state index in [9.17, 15) is 20.0 Å². The number of aromatic carboxylic acids is 1. The summed E-state index contributed by atoms with van der Waals surface area (Å²) in [5, 5.41) is 31.9. The molecule has 7 heteroatoms. The van der Waals surface area contributed by atoms with Gasteiger partial charge in [0, 0.05) is 12.6 Å². The number of nitro benzene ring substituents is 1. The quantitative estimate of drug-likeness (QED) is 0.514. The summed E-state index contributed by atoms with van der Waals surface area (Å²) >= 11 is 0. The van der Waals surface area contributed by atoms with E-state index in [1.807, 2.05) is 6.92 Å². The highest BCUT2D eigenvalue weighted by Crippen LogP contribution is 2.25. The minimum Gasteiger partial charge on any atom is -0.478 e. The third-order valence-electron chi connectivity index (χ3n) is 2.70. The van der Waals surface area contributed by atoms with Gasteiger partial charge in [-0.25, -0.2) is 4.79 Å². The number of hydrogen-bond acceptors (Lipinski definition) is 5. The monoisotopic (exact) mass is 268 g/mol. The van der Waals surface area contributed by atoms with Crippen LogP contribution in [-0.4, -0.2) is 33.8 Å². The van der Waals surface area contributed by atoms with Gasteiger partial charge in [0.15, 0.2) is 0 Å². The fraction of sp³-hybridized carbons (Fsp3) is 0.417. The Balaban J connectivity index is 2.85. The molecule has 1 rings (SSSR count). The van der Waals surface area contributed by atoms with Gasteiger partial charge in [0.1, 0.15) is 5.69 Å². The largest absolute Gasteiger partial charge is 0.478 e. The Morgan fingerprint density at radius 1 is 1.53 bits per heavy atom. The Hall–Kier alpha value is -2.15. The summed E-state index contributed by atoms with van der Waals surface area (Å²) < 4.78 is 0. The minimum atomic E-state index is -1.15. The molecule has 1 aromatic carbocycles. The van der Waals surface area contributed by atoms with Gasteiger partial charge in [-0.15, -0.1) is 0 Å². The van der Waals surface area contributed by atoms with E-state index in [1.54, 1.807) is 0 Å². The molecule has 0 radical (unpaired) electrons. The Kier molecular flexibility index (Phi) is 5.25. The number of nitrogens with zero attached hydrogens (tertiary/aromatic N) is 1. The van der Waals surface area contributed by atoms with E-state index < -0.39 is 17.0 Å². The molecule has 3 N–H and O–H groups in total. The Bertz CT molecular complexity index is 475. The summed E-state index contributed by atoms with van der Waals surface area (Å²) in [4.78, 5) is 21.1. The number of aliphatic hydroxyl groups is 1. The van der Waals surface area contributed by atoms with Crippen LogP contribution < -0.4 is 5.32 Å². The van der Waals surface area contributed by atoms with Crippen LogP contribution in [-0.2, 0) is 0 Å². The van der Waals surface area contributed by atoms with E-state index in [0.29, 0.717) is 19.4 Å². The maximum absolute atomic E-state index is 10.8. The first-order valence-electron chi connectivity index (χ1n) is 5.89. The van der Waals surface area contributed by atoms with Crippen molar-refractivity contribution in [1.29, 1.82) is 0 Å². The standard InChI is InChI=1S/C12H16N2O5/c1-2-9(15)5-6-13-10-7-8(12(16)17)3-4-11(10)14(18)19/h3-4,7,9,13,15H,2,5-6H2,1H3,(H,16,17). The second-order valence-corrected chi connectivity index (χ2v) is 4.07. The van der Waals surface area contributed by atoms with Crippen molar-refractivity contribution in [3.8, 4) is 0 Å². The van der Waals surface area contributed by atoms with Crippen molar-refractivity contribution in [3.63, 3.8) is 0 Å². The minimum absolute atomic E-state index is 0.0239. The topological polar surface area (TPSA) is 113 Å². The molecule has 0 spiro atoms. The maximum atomic E-state index is 10.8. The lowest BCUT2D eigenvalue weighted by Crippen LogP contribution is -2.13. The maximum Gasteiger partial charge on any atom is 0.335 e. The number of nitrogens with one attached hydrogen (secondary N) is 1. The van der Waals surface area contributed by atoms with Crippen LogP contribution in [0.25, 0.3) is 0 Å². The molecular formula is C12H16N2O5. The van der Waals surface area contributed by atoms with Crippen molar-refractivity contribution < 1.29 is 19.9 Å². The van der Waals surface area contributed by atoms with Gasteiger partial charge in [-0.1, -0.05) is 6.92 Å². The van der Waals surface area contributed by atoms with Gasteiger partial charge < -0.3 is 15.5 Å². The molecule has 0 saturated heterocycles. The Morgan fingerprint density at radius 3 is 2.74 bits per heavy atom. The molecule has 0 heterocycles. The van der Waals surface area contributed by atoms with Crippen LogP contribution in [0.5, 0.6) is 0 Å². The van der Waals surface area contributed by atoms with Crippen LogP contribution in [0, 0.1) is 10.1 Å². The lowest BCUT2D eigenvalue weighted by molar-refractivity contribution is -0.384. The zero-order valence-corrected chi connectivity index (χ0v) is 10.5. The predicted molar refractivity (Wildman–Crippen MR) is 69.5 cm³/mol. The molecule has 19 heavy (non-hydrogen) atoms. The van der Waals surface area contributed by atoms with Crippen LogP contribution in [0.3, 0.4) is 0 Å². The van der Waals surface area contributed by atoms with Crippen LogP contribution in [0.2, 0.25) is 0 Å². The lowest BCUT2D eigenvalue weighted by atomic mass is 10.1. The summed E-state index contributed by atoms with van der Waals surface area (Å²) in [5.74, 6) is -1.15. The number of hydrogen-bond donors (Lipinski definition) is 3. The molecule has 0 bridgehead atoms. The summed E-state index contributed by atoms with van der Waals surface area (Å²) in [5.41, 5.74) is -0.0617. The van der Waals surface area contributed by atoms with Crippen molar-refractivity contribution in [2.45, 2.75) is 25.9 Å². The van der Waals surface area contributed by atoms with Crippen molar-refractivity contribution in [2.24, 2.45) is 0 Å². The van der Waals surface area contributed by atoms with E-state index in [1.165, 1.54) is 12.1 Å². The van der Waals surface area contributed by atoms with E-state index >= 15 is 0 Å². The first-order valence-corrected chi connectivity index (χ1v) is 5.89. The number of carboxylic acids is 1. The lowest BCUT2D eigenvalue weighted by Gasteiger charge is -2.10. The molecule has 0 aromatic heterocycles. The number of benzene rings is 1. The predicted octanol–water partition coefficient (Wildman–Crippen LogP) is 1.87. The second kappa shape index (κ2) is 6.69. The molecule has 1 aromatic rings. The van der Waals surface area contributed by atoms with E-state index in [0.717, 1.165) is 6.07 Å². The van der Waals surface area contributed by atoms with E-state index in [-0.39, 0.29) is 16.9 Å². The highest BCUT2D eigenvalue weighted by molar-refractivity contribution is 5.90. The molecule has 7 nitrogen and oxygen atoms in total. The van der Waals surface area contributed by atoms with Crippen LogP contribution in [0.15, 0.2) is 18.2 Å². The van der Waals surface area contributed by atoms with Gasteiger partial charge in [-0.05, 0) is 25.0 Å². The Labute approximate surface area is 110 Å². The SMILES string of the molecule is CCC(O)CCNc1cc(C(=O)O)ccc1[N+](=O)[O-]. The fourth-order valence-corrected chi connectivity index (χ4v) is 1.55. The average Bonchev–Trinajstić information content (AvgIpc) is 2.37. The number of carboxylic acid groups (broad SMARTS) is 1. The van der Waals surface area contributed by atoms with Gasteiger partial charge in [0.05, 0.1) is 16.6 Å². The number of nitro groups is 1. The molecular weight excluding hydrogens is 252 g/mol. The van der Waals surface area contributed by atoms with Gasteiger partial charge in [-0.3, -0.25) is 10.1 Å². The zero-order valence-electron chi connectivity index (χ0n) is 10.5. The molecule has 1 unspecified atom stereocenters. The average molecular weight is 268 g/mol. The summed E-state index contributed by atoms with van der Waals surface area (Å²) in [6.07, 6.45) is 0.554. The zero-order chi connectivity index (χ0) is 14.4. The van der Waals surface area contributed by atoms with Crippen molar-refractivity contribution in [1.82, 2.24) is 0 Å². The highest BCUT2D eigenvalue weighted by Gasteiger charge is 2.16. The molecule has 0 saturated carbocycles. The third kappa shape index (κ3) is 4.22. The summed E-state index contributed by atoms with van der Waals surface area (Å²) in [6.45, 7) is 2.16.